The zero-order chi connectivity index (χ0) is 12.4. The highest BCUT2D eigenvalue weighted by atomic mass is 35.5. The maximum atomic E-state index is 11.3. The van der Waals surface area contributed by atoms with Crippen molar-refractivity contribution in [1.29, 1.82) is 0 Å². The third-order valence-corrected chi connectivity index (χ3v) is 3.25. The molecule has 5 heteroatoms. The van der Waals surface area contributed by atoms with Gasteiger partial charge in [0, 0.05) is 12.0 Å². The summed E-state index contributed by atoms with van der Waals surface area (Å²) in [6, 6.07) is 1.71. The molecule has 4 nitrogen and oxygen atoms in total. The summed E-state index contributed by atoms with van der Waals surface area (Å²) in [5.74, 6) is 0.186. The van der Waals surface area contributed by atoms with E-state index in [1.165, 1.54) is 0 Å². The van der Waals surface area contributed by atoms with Crippen molar-refractivity contribution in [2.45, 2.75) is 25.7 Å². The summed E-state index contributed by atoms with van der Waals surface area (Å²) < 4.78 is 0. The van der Waals surface area contributed by atoms with Crippen LogP contribution in [0.4, 0.5) is 5.69 Å². The Morgan fingerprint density at radius 1 is 1.47 bits per heavy atom. The lowest BCUT2D eigenvalue weighted by molar-refractivity contribution is -0.116. The largest absolute Gasteiger partial charge is 0.507 e. The van der Waals surface area contributed by atoms with Crippen LogP contribution in [0.3, 0.4) is 0 Å². The lowest BCUT2D eigenvalue weighted by atomic mass is 9.96. The third kappa shape index (κ3) is 2.37. The van der Waals surface area contributed by atoms with Crippen molar-refractivity contribution < 1.29 is 9.90 Å². The Kier molecular flexibility index (Phi) is 3.54. The first-order chi connectivity index (χ1) is 8.13. The number of carbonyl (C=O) groups excluding carboxylic acids is 1. The van der Waals surface area contributed by atoms with Crippen molar-refractivity contribution in [2.24, 2.45) is 5.73 Å². The Morgan fingerprint density at radius 2 is 2.24 bits per heavy atom. The number of anilines is 1. The maximum absolute atomic E-state index is 11.3. The van der Waals surface area contributed by atoms with Gasteiger partial charge in [-0.3, -0.25) is 4.79 Å². The second-order valence-corrected chi connectivity index (χ2v) is 4.57. The number of aromatic hydroxyl groups is 1. The summed E-state index contributed by atoms with van der Waals surface area (Å²) in [5.41, 5.74) is 7.54. The summed E-state index contributed by atoms with van der Waals surface area (Å²) in [5, 5.41) is 13.3. The quantitative estimate of drug-likeness (QED) is 0.770. The number of phenols is 1. The van der Waals surface area contributed by atoms with Gasteiger partial charge >= 0.3 is 0 Å². The summed E-state index contributed by atoms with van der Waals surface area (Å²) in [6.07, 6.45) is 2.42. The average molecular weight is 255 g/mol. The Bertz CT molecular complexity index is 460. The number of hydrogen-bond donors (Lipinski definition) is 3. The number of nitrogens with two attached hydrogens (primary N) is 1. The summed E-state index contributed by atoms with van der Waals surface area (Å²) >= 11 is 6.11. The van der Waals surface area contributed by atoms with Gasteiger partial charge < -0.3 is 16.2 Å². The van der Waals surface area contributed by atoms with E-state index in [2.05, 4.69) is 5.32 Å². The standard InChI is InChI=1S/C12H15ClN2O2/c13-9-6-7(2-1-5-14)12(17)8-3-4-10(16)15-11(8)9/h6,17H,1-5,14H2,(H,15,16). The van der Waals surface area contributed by atoms with Crippen LogP contribution in [0.2, 0.25) is 5.02 Å². The predicted octanol–water partition coefficient (Wildman–Crippen LogP) is 1.82. The van der Waals surface area contributed by atoms with Crippen LogP contribution >= 0.6 is 11.6 Å². The van der Waals surface area contributed by atoms with E-state index in [0.717, 1.165) is 17.5 Å². The molecule has 0 saturated carbocycles. The molecule has 0 saturated heterocycles. The monoisotopic (exact) mass is 254 g/mol. The smallest absolute Gasteiger partial charge is 0.224 e. The van der Waals surface area contributed by atoms with E-state index in [-0.39, 0.29) is 11.7 Å². The van der Waals surface area contributed by atoms with Gasteiger partial charge in [-0.2, -0.15) is 0 Å². The topological polar surface area (TPSA) is 75.3 Å². The van der Waals surface area contributed by atoms with Crippen molar-refractivity contribution in [3.63, 3.8) is 0 Å². The Hall–Kier alpha value is -1.26. The summed E-state index contributed by atoms with van der Waals surface area (Å²) in [7, 11) is 0. The van der Waals surface area contributed by atoms with Crippen molar-refractivity contribution in [2.75, 3.05) is 11.9 Å². The molecule has 1 aromatic rings. The number of benzene rings is 1. The van der Waals surface area contributed by atoms with Crippen molar-refractivity contribution in [1.82, 2.24) is 0 Å². The van der Waals surface area contributed by atoms with Gasteiger partial charge in [-0.05, 0) is 37.4 Å². The molecule has 0 spiro atoms. The van der Waals surface area contributed by atoms with Gasteiger partial charge in [0.15, 0.2) is 0 Å². The fourth-order valence-corrected chi connectivity index (χ4v) is 2.34. The Morgan fingerprint density at radius 3 is 2.94 bits per heavy atom. The van der Waals surface area contributed by atoms with Crippen LogP contribution in [0.25, 0.3) is 0 Å². The van der Waals surface area contributed by atoms with Crippen molar-refractivity contribution >= 4 is 23.2 Å². The van der Waals surface area contributed by atoms with Crippen LogP contribution in [0.1, 0.15) is 24.0 Å². The average Bonchev–Trinajstić information content (AvgIpc) is 2.32. The van der Waals surface area contributed by atoms with Gasteiger partial charge in [0.05, 0.1) is 10.7 Å². The SMILES string of the molecule is NCCCc1cc(Cl)c2c(c1O)CCC(=O)N2. The van der Waals surface area contributed by atoms with E-state index in [0.29, 0.717) is 36.5 Å². The highest BCUT2D eigenvalue weighted by Gasteiger charge is 2.22. The first-order valence-corrected chi connectivity index (χ1v) is 6.04. The van der Waals surface area contributed by atoms with Gasteiger partial charge in [0.1, 0.15) is 5.75 Å². The molecule has 1 aliphatic heterocycles. The second-order valence-electron chi connectivity index (χ2n) is 4.16. The lowest BCUT2D eigenvalue weighted by Crippen LogP contribution is -2.19. The van der Waals surface area contributed by atoms with Gasteiger partial charge in [-0.25, -0.2) is 0 Å². The number of carbonyl (C=O) groups is 1. The second kappa shape index (κ2) is 4.94. The zero-order valence-electron chi connectivity index (χ0n) is 9.42. The van der Waals surface area contributed by atoms with Crippen molar-refractivity contribution in [3.8, 4) is 5.75 Å². The molecule has 0 aliphatic carbocycles. The lowest BCUT2D eigenvalue weighted by Gasteiger charge is -2.21. The van der Waals surface area contributed by atoms with E-state index in [9.17, 15) is 9.90 Å². The molecule has 2 rings (SSSR count). The highest BCUT2D eigenvalue weighted by Crippen LogP contribution is 2.39. The maximum Gasteiger partial charge on any atom is 0.224 e. The predicted molar refractivity (Wildman–Crippen MR) is 67.4 cm³/mol. The molecular formula is C12H15ClN2O2. The molecule has 0 fully saturated rings. The van der Waals surface area contributed by atoms with Gasteiger partial charge in [0.2, 0.25) is 5.91 Å². The first-order valence-electron chi connectivity index (χ1n) is 5.66. The van der Waals surface area contributed by atoms with Crippen LogP contribution in [0.15, 0.2) is 6.07 Å². The normalized spacial score (nSPS) is 14.4. The number of rotatable bonds is 3. The molecule has 92 valence electrons. The highest BCUT2D eigenvalue weighted by molar-refractivity contribution is 6.34. The molecule has 0 unspecified atom stereocenters. The van der Waals surface area contributed by atoms with Crippen LogP contribution in [0, 0.1) is 0 Å². The Labute approximate surface area is 105 Å². The molecule has 1 heterocycles. The van der Waals surface area contributed by atoms with E-state index in [1.807, 2.05) is 0 Å². The molecule has 0 aromatic heterocycles. The molecule has 1 aliphatic rings. The minimum absolute atomic E-state index is 0.0616. The van der Waals surface area contributed by atoms with E-state index in [4.69, 9.17) is 17.3 Å². The summed E-state index contributed by atoms with van der Waals surface area (Å²) in [6.45, 7) is 0.574. The molecular weight excluding hydrogens is 240 g/mol. The van der Waals surface area contributed by atoms with E-state index in [1.54, 1.807) is 6.07 Å². The number of nitrogens with one attached hydrogen (secondary N) is 1. The summed E-state index contributed by atoms with van der Waals surface area (Å²) in [4.78, 5) is 11.3. The first kappa shape index (κ1) is 12.2. The molecule has 0 atom stereocenters. The zero-order valence-corrected chi connectivity index (χ0v) is 10.2. The number of aryl methyl sites for hydroxylation is 1. The Balaban J connectivity index is 2.40. The molecule has 0 radical (unpaired) electrons. The number of amides is 1. The number of fused-ring (bicyclic) bond motifs is 1. The fourth-order valence-electron chi connectivity index (χ4n) is 2.05. The van der Waals surface area contributed by atoms with Gasteiger partial charge in [-0.1, -0.05) is 11.6 Å². The fraction of sp³-hybridized carbons (Fsp3) is 0.417. The van der Waals surface area contributed by atoms with Crippen LogP contribution in [-0.4, -0.2) is 17.6 Å². The van der Waals surface area contributed by atoms with Crippen LogP contribution < -0.4 is 11.1 Å². The number of hydrogen-bond acceptors (Lipinski definition) is 3. The third-order valence-electron chi connectivity index (χ3n) is 2.95. The van der Waals surface area contributed by atoms with E-state index < -0.39 is 0 Å². The molecule has 1 aromatic carbocycles. The molecule has 1 amide bonds. The van der Waals surface area contributed by atoms with Crippen molar-refractivity contribution in [3.05, 3.63) is 22.2 Å². The minimum Gasteiger partial charge on any atom is -0.507 e. The van der Waals surface area contributed by atoms with Crippen LogP contribution in [0.5, 0.6) is 5.75 Å². The number of halogens is 1. The van der Waals surface area contributed by atoms with Crippen LogP contribution in [-0.2, 0) is 17.6 Å². The van der Waals surface area contributed by atoms with Gasteiger partial charge in [-0.15, -0.1) is 0 Å². The molecule has 0 bridgehead atoms. The molecule has 17 heavy (non-hydrogen) atoms. The van der Waals surface area contributed by atoms with Gasteiger partial charge in [0.25, 0.3) is 0 Å². The van der Waals surface area contributed by atoms with E-state index >= 15 is 0 Å². The molecule has 4 N–H and O–H groups in total. The minimum atomic E-state index is -0.0616. The number of phenolic OH excluding ortho intramolecular Hbond substituents is 1.